The van der Waals surface area contributed by atoms with Gasteiger partial charge in [-0.25, -0.2) is 0 Å². The molecule has 2 fully saturated rings. The molecule has 3 atom stereocenters. The van der Waals surface area contributed by atoms with Gasteiger partial charge in [-0.15, -0.1) is 0 Å². The van der Waals surface area contributed by atoms with E-state index in [4.69, 9.17) is 0 Å². The number of piperidine rings is 2. The quantitative estimate of drug-likeness (QED) is 0.831. The molecule has 21 heavy (non-hydrogen) atoms. The smallest absolute Gasteiger partial charge is 0.246 e. The van der Waals surface area contributed by atoms with E-state index in [9.17, 15) is 4.79 Å². The summed E-state index contributed by atoms with van der Waals surface area (Å²) < 4.78 is 0. The third-order valence-corrected chi connectivity index (χ3v) is 5.21. The summed E-state index contributed by atoms with van der Waals surface area (Å²) in [7, 11) is 0. The molecule has 0 unspecified atom stereocenters. The number of likely N-dealkylation sites (tertiary alicyclic amines) is 1. The molecule has 1 aromatic carbocycles. The Hall–Kier alpha value is -1.61. The first kappa shape index (κ1) is 13.1. The van der Waals surface area contributed by atoms with Gasteiger partial charge in [-0.3, -0.25) is 9.69 Å². The molecule has 0 N–H and O–H groups in total. The minimum Gasteiger partial charge on any atom is -0.335 e. The lowest BCUT2D eigenvalue weighted by atomic mass is 9.77. The van der Waals surface area contributed by atoms with E-state index in [0.29, 0.717) is 17.9 Å². The highest BCUT2D eigenvalue weighted by Crippen LogP contribution is 2.36. The Morgan fingerprint density at radius 2 is 1.95 bits per heavy atom. The van der Waals surface area contributed by atoms with E-state index in [1.165, 1.54) is 12.0 Å². The van der Waals surface area contributed by atoms with Gasteiger partial charge in [0.1, 0.15) is 0 Å². The Labute approximate surface area is 126 Å². The number of nitrogens with zero attached hydrogens (tertiary/aromatic N) is 2. The van der Waals surface area contributed by atoms with Crippen molar-refractivity contribution in [2.75, 3.05) is 19.6 Å². The number of hydrogen-bond acceptors (Lipinski definition) is 2. The number of amides is 1. The normalized spacial score (nSPS) is 32.1. The molecule has 3 aliphatic rings. The van der Waals surface area contributed by atoms with Gasteiger partial charge < -0.3 is 4.90 Å². The zero-order chi connectivity index (χ0) is 14.2. The SMILES string of the molecule is O=C1C=CC[C@H]2[C@@H]3C[C@@H](CN(Cc4ccccc4)C3)CN12. The summed E-state index contributed by atoms with van der Waals surface area (Å²) in [6.07, 6.45) is 6.18. The van der Waals surface area contributed by atoms with E-state index in [1.807, 2.05) is 0 Å². The molecule has 3 heterocycles. The average Bonchev–Trinajstić information content (AvgIpc) is 2.49. The van der Waals surface area contributed by atoms with Crippen LogP contribution >= 0.6 is 0 Å². The van der Waals surface area contributed by atoms with Gasteiger partial charge in [-0.1, -0.05) is 36.4 Å². The van der Waals surface area contributed by atoms with E-state index >= 15 is 0 Å². The van der Waals surface area contributed by atoms with Crippen molar-refractivity contribution in [3.05, 3.63) is 48.0 Å². The van der Waals surface area contributed by atoms with Crippen molar-refractivity contribution in [2.24, 2.45) is 11.8 Å². The zero-order valence-corrected chi connectivity index (χ0v) is 12.3. The summed E-state index contributed by atoms with van der Waals surface area (Å²) in [5, 5.41) is 0. The molecular formula is C18H22N2O. The molecule has 1 amide bonds. The van der Waals surface area contributed by atoms with Gasteiger partial charge in [0.2, 0.25) is 5.91 Å². The van der Waals surface area contributed by atoms with Crippen molar-refractivity contribution in [3.63, 3.8) is 0 Å². The first-order valence-electron chi connectivity index (χ1n) is 8.03. The largest absolute Gasteiger partial charge is 0.335 e. The maximum absolute atomic E-state index is 12.1. The van der Waals surface area contributed by atoms with E-state index in [1.54, 1.807) is 6.08 Å². The summed E-state index contributed by atoms with van der Waals surface area (Å²) in [4.78, 5) is 16.8. The minimum atomic E-state index is 0.234. The van der Waals surface area contributed by atoms with Gasteiger partial charge in [0, 0.05) is 32.2 Å². The lowest BCUT2D eigenvalue weighted by molar-refractivity contribution is -0.136. The Kier molecular flexibility index (Phi) is 3.30. The molecule has 110 valence electrons. The summed E-state index contributed by atoms with van der Waals surface area (Å²) >= 11 is 0. The Bertz CT molecular complexity index is 554. The molecule has 2 saturated heterocycles. The van der Waals surface area contributed by atoms with Crippen LogP contribution in [-0.4, -0.2) is 41.4 Å². The van der Waals surface area contributed by atoms with Crippen molar-refractivity contribution in [1.29, 1.82) is 0 Å². The maximum atomic E-state index is 12.1. The van der Waals surface area contributed by atoms with Gasteiger partial charge in [0.15, 0.2) is 0 Å². The van der Waals surface area contributed by atoms with Crippen LogP contribution in [0, 0.1) is 11.8 Å². The van der Waals surface area contributed by atoms with Crippen LogP contribution in [0.1, 0.15) is 18.4 Å². The second kappa shape index (κ2) is 5.30. The van der Waals surface area contributed by atoms with Crippen LogP contribution in [0.4, 0.5) is 0 Å². The van der Waals surface area contributed by atoms with Crippen molar-refractivity contribution in [2.45, 2.75) is 25.4 Å². The fourth-order valence-electron chi connectivity index (χ4n) is 4.38. The number of benzene rings is 1. The van der Waals surface area contributed by atoms with E-state index in [-0.39, 0.29) is 5.91 Å². The molecular weight excluding hydrogens is 260 g/mol. The number of carbonyl (C=O) groups is 1. The second-order valence-corrected chi connectivity index (χ2v) is 6.74. The fourth-order valence-corrected chi connectivity index (χ4v) is 4.38. The Morgan fingerprint density at radius 3 is 2.81 bits per heavy atom. The predicted molar refractivity (Wildman–Crippen MR) is 82.6 cm³/mol. The highest BCUT2D eigenvalue weighted by atomic mass is 16.2. The Morgan fingerprint density at radius 1 is 1.10 bits per heavy atom. The van der Waals surface area contributed by atoms with Gasteiger partial charge in [0.05, 0.1) is 0 Å². The summed E-state index contributed by atoms with van der Waals surface area (Å²) in [5.74, 6) is 1.53. The molecule has 4 rings (SSSR count). The third kappa shape index (κ3) is 2.51. The summed E-state index contributed by atoms with van der Waals surface area (Å²) in [5.41, 5.74) is 1.40. The Balaban J connectivity index is 1.49. The number of fused-ring (bicyclic) bond motifs is 4. The van der Waals surface area contributed by atoms with Gasteiger partial charge in [-0.2, -0.15) is 0 Å². The average molecular weight is 282 g/mol. The van der Waals surface area contributed by atoms with Crippen molar-refractivity contribution >= 4 is 5.91 Å². The molecule has 1 aromatic rings. The highest BCUT2D eigenvalue weighted by Gasteiger charge is 2.42. The van der Waals surface area contributed by atoms with Crippen molar-refractivity contribution < 1.29 is 4.79 Å². The maximum Gasteiger partial charge on any atom is 0.246 e. The molecule has 2 bridgehead atoms. The molecule has 0 spiro atoms. The zero-order valence-electron chi connectivity index (χ0n) is 12.3. The molecule has 0 aromatic heterocycles. The van der Waals surface area contributed by atoms with Crippen LogP contribution in [0.5, 0.6) is 0 Å². The first-order chi connectivity index (χ1) is 10.3. The molecule has 3 heteroatoms. The standard InChI is InChI=1S/C18H22N2O/c21-18-8-4-7-17-16-9-15(12-20(17)18)11-19(13-16)10-14-5-2-1-3-6-14/h1-6,8,15-17H,7,9-13H2/t15-,16+,17-/m0/s1. The van der Waals surface area contributed by atoms with Crippen molar-refractivity contribution in [3.8, 4) is 0 Å². The van der Waals surface area contributed by atoms with Gasteiger partial charge in [-0.05, 0) is 36.3 Å². The highest BCUT2D eigenvalue weighted by molar-refractivity contribution is 5.88. The van der Waals surface area contributed by atoms with E-state index < -0.39 is 0 Å². The molecule has 3 nitrogen and oxygen atoms in total. The fraction of sp³-hybridized carbons (Fsp3) is 0.500. The molecule has 0 radical (unpaired) electrons. The van der Waals surface area contributed by atoms with Gasteiger partial charge in [0.25, 0.3) is 0 Å². The van der Waals surface area contributed by atoms with Crippen LogP contribution < -0.4 is 0 Å². The van der Waals surface area contributed by atoms with Crippen LogP contribution in [0.15, 0.2) is 42.5 Å². The van der Waals surface area contributed by atoms with Crippen LogP contribution in [0.25, 0.3) is 0 Å². The lowest BCUT2D eigenvalue weighted by Gasteiger charge is -2.51. The molecule has 3 aliphatic heterocycles. The first-order valence-corrected chi connectivity index (χ1v) is 8.03. The predicted octanol–water partition coefficient (Wildman–Crippen LogP) is 2.30. The van der Waals surface area contributed by atoms with E-state index in [0.717, 1.165) is 32.6 Å². The number of carbonyl (C=O) groups excluding carboxylic acids is 1. The minimum absolute atomic E-state index is 0.234. The van der Waals surface area contributed by atoms with Crippen LogP contribution in [0.2, 0.25) is 0 Å². The van der Waals surface area contributed by atoms with Crippen LogP contribution in [-0.2, 0) is 11.3 Å². The van der Waals surface area contributed by atoms with Crippen LogP contribution in [0.3, 0.4) is 0 Å². The third-order valence-electron chi connectivity index (χ3n) is 5.21. The monoisotopic (exact) mass is 282 g/mol. The lowest BCUT2D eigenvalue weighted by Crippen LogP contribution is -2.59. The van der Waals surface area contributed by atoms with Crippen molar-refractivity contribution in [1.82, 2.24) is 9.80 Å². The number of hydrogen-bond donors (Lipinski definition) is 0. The summed E-state index contributed by atoms with van der Waals surface area (Å²) in [6, 6.07) is 11.2. The summed E-state index contributed by atoms with van der Waals surface area (Å²) in [6.45, 7) is 4.26. The number of rotatable bonds is 2. The second-order valence-electron chi connectivity index (χ2n) is 6.74. The molecule has 0 saturated carbocycles. The van der Waals surface area contributed by atoms with E-state index in [2.05, 4.69) is 46.2 Å². The van der Waals surface area contributed by atoms with Gasteiger partial charge >= 0.3 is 0 Å². The topological polar surface area (TPSA) is 23.6 Å². The molecule has 0 aliphatic carbocycles.